The van der Waals surface area contributed by atoms with Gasteiger partial charge in [0.2, 0.25) is 0 Å². The van der Waals surface area contributed by atoms with Gasteiger partial charge in [-0.2, -0.15) is 0 Å². The molecule has 0 bridgehead atoms. The largest absolute Gasteiger partial charge is 0.388 e. The van der Waals surface area contributed by atoms with Crippen LogP contribution in [-0.2, 0) is 0 Å². The van der Waals surface area contributed by atoms with Crippen molar-refractivity contribution in [1.29, 1.82) is 0 Å². The van der Waals surface area contributed by atoms with Crippen molar-refractivity contribution >= 4 is 17.4 Å². The third-order valence-corrected chi connectivity index (χ3v) is 3.71. The van der Waals surface area contributed by atoms with E-state index in [1.807, 2.05) is 11.4 Å². The lowest BCUT2D eigenvalue weighted by Crippen LogP contribution is -2.37. The highest BCUT2D eigenvalue weighted by molar-refractivity contribution is 7.10. The van der Waals surface area contributed by atoms with Crippen molar-refractivity contribution in [3.8, 4) is 0 Å². The summed E-state index contributed by atoms with van der Waals surface area (Å²) in [5, 5.41) is 17.1. The Kier molecular flexibility index (Phi) is 2.93. The van der Waals surface area contributed by atoms with Crippen LogP contribution in [0.1, 0.15) is 35.4 Å². The Balaban J connectivity index is 2.17. The normalized spacial score (nSPS) is 24.4. The predicted molar refractivity (Wildman–Crippen MR) is 58.8 cm³/mol. The molecule has 1 aromatic rings. The number of rotatable bonds is 1. The molecule has 2 amide bonds. The highest BCUT2D eigenvalue weighted by Crippen LogP contribution is 2.39. The number of aliphatic hydroxyl groups excluding tert-OH is 1. The fraction of sp³-hybridized carbons (Fsp3) is 0.500. The summed E-state index contributed by atoms with van der Waals surface area (Å²) in [7, 11) is 1.60. The summed E-state index contributed by atoms with van der Waals surface area (Å²) in [5.74, 6) is 0. The standard InChI is InChI=1S/C10H14N2O2S/c1-11-10(14)12-7-2-3-8(13)6-4-5-15-9(6)7/h4-5,7-8,13H,2-3H2,1H3,(H2,11,12,14)/t7-,8+/m0/s1. The molecule has 1 aromatic heterocycles. The Labute approximate surface area is 92.3 Å². The molecular weight excluding hydrogens is 212 g/mol. The van der Waals surface area contributed by atoms with Crippen molar-refractivity contribution < 1.29 is 9.90 Å². The fourth-order valence-corrected chi connectivity index (χ4v) is 2.91. The van der Waals surface area contributed by atoms with Crippen LogP contribution in [0.3, 0.4) is 0 Å². The van der Waals surface area contributed by atoms with E-state index in [9.17, 15) is 9.90 Å². The maximum atomic E-state index is 11.2. The molecule has 0 saturated heterocycles. The van der Waals surface area contributed by atoms with Gasteiger partial charge >= 0.3 is 6.03 Å². The van der Waals surface area contributed by atoms with Crippen LogP contribution in [0.15, 0.2) is 11.4 Å². The summed E-state index contributed by atoms with van der Waals surface area (Å²) >= 11 is 1.59. The first-order valence-electron chi connectivity index (χ1n) is 4.96. The number of fused-ring (bicyclic) bond motifs is 1. The van der Waals surface area contributed by atoms with Gasteiger partial charge in [0, 0.05) is 11.9 Å². The van der Waals surface area contributed by atoms with Gasteiger partial charge in [0.15, 0.2) is 0 Å². The third-order valence-electron chi connectivity index (χ3n) is 2.66. The Morgan fingerprint density at radius 2 is 2.40 bits per heavy atom. The molecular formula is C10H14N2O2S. The second-order valence-corrected chi connectivity index (χ2v) is 4.56. The molecule has 1 heterocycles. The number of hydrogen-bond donors (Lipinski definition) is 3. The Hall–Kier alpha value is -1.07. The molecule has 0 spiro atoms. The quantitative estimate of drug-likeness (QED) is 0.680. The minimum absolute atomic E-state index is 0.0448. The molecule has 2 atom stereocenters. The summed E-state index contributed by atoms with van der Waals surface area (Å²) in [5.41, 5.74) is 0.965. The minimum atomic E-state index is -0.367. The zero-order chi connectivity index (χ0) is 10.8. The van der Waals surface area contributed by atoms with E-state index in [0.29, 0.717) is 6.42 Å². The molecule has 2 rings (SSSR count). The van der Waals surface area contributed by atoms with Crippen LogP contribution >= 0.6 is 11.3 Å². The van der Waals surface area contributed by atoms with Gasteiger partial charge in [-0.25, -0.2) is 4.79 Å². The molecule has 1 aliphatic carbocycles. The van der Waals surface area contributed by atoms with Gasteiger partial charge < -0.3 is 15.7 Å². The van der Waals surface area contributed by atoms with Crippen LogP contribution < -0.4 is 10.6 Å². The maximum absolute atomic E-state index is 11.2. The average Bonchev–Trinajstić information content (AvgIpc) is 2.71. The highest BCUT2D eigenvalue weighted by atomic mass is 32.1. The van der Waals surface area contributed by atoms with Crippen LogP contribution in [-0.4, -0.2) is 18.2 Å². The lowest BCUT2D eigenvalue weighted by atomic mass is 9.92. The molecule has 5 heteroatoms. The van der Waals surface area contributed by atoms with E-state index in [-0.39, 0.29) is 18.2 Å². The van der Waals surface area contributed by atoms with E-state index in [1.54, 1.807) is 18.4 Å². The lowest BCUT2D eigenvalue weighted by Gasteiger charge is -2.26. The van der Waals surface area contributed by atoms with E-state index in [0.717, 1.165) is 16.9 Å². The van der Waals surface area contributed by atoms with Crippen LogP contribution in [0.2, 0.25) is 0 Å². The second-order valence-electron chi connectivity index (χ2n) is 3.61. The highest BCUT2D eigenvalue weighted by Gasteiger charge is 2.27. The first-order chi connectivity index (χ1) is 7.22. The van der Waals surface area contributed by atoms with E-state index in [2.05, 4.69) is 10.6 Å². The summed E-state index contributed by atoms with van der Waals surface area (Å²) < 4.78 is 0. The van der Waals surface area contributed by atoms with Gasteiger partial charge in [-0.1, -0.05) is 0 Å². The van der Waals surface area contributed by atoms with Crippen LogP contribution in [0.25, 0.3) is 0 Å². The van der Waals surface area contributed by atoms with Crippen LogP contribution in [0.4, 0.5) is 4.79 Å². The number of thiophene rings is 1. The first-order valence-corrected chi connectivity index (χ1v) is 5.84. The van der Waals surface area contributed by atoms with Crippen molar-refractivity contribution in [3.05, 3.63) is 21.9 Å². The topological polar surface area (TPSA) is 61.4 Å². The molecule has 82 valence electrons. The number of carbonyl (C=O) groups is 1. The van der Waals surface area contributed by atoms with Crippen molar-refractivity contribution in [2.24, 2.45) is 0 Å². The molecule has 0 saturated carbocycles. The summed E-state index contributed by atoms with van der Waals surface area (Å²) in [6, 6.07) is 1.81. The predicted octanol–water partition coefficient (Wildman–Crippen LogP) is 1.55. The van der Waals surface area contributed by atoms with Gasteiger partial charge in [0.05, 0.1) is 12.1 Å². The number of urea groups is 1. The van der Waals surface area contributed by atoms with E-state index >= 15 is 0 Å². The Bertz CT molecular complexity index is 364. The molecule has 15 heavy (non-hydrogen) atoms. The zero-order valence-electron chi connectivity index (χ0n) is 8.49. The van der Waals surface area contributed by atoms with E-state index in [1.165, 1.54) is 0 Å². The third kappa shape index (κ3) is 1.98. The molecule has 3 N–H and O–H groups in total. The van der Waals surface area contributed by atoms with Gasteiger partial charge in [-0.15, -0.1) is 11.3 Å². The average molecular weight is 226 g/mol. The van der Waals surface area contributed by atoms with Gasteiger partial charge in [-0.3, -0.25) is 0 Å². The Morgan fingerprint density at radius 1 is 1.60 bits per heavy atom. The van der Waals surface area contributed by atoms with Crippen molar-refractivity contribution in [1.82, 2.24) is 10.6 Å². The summed E-state index contributed by atoms with van der Waals surface area (Å²) in [6.07, 6.45) is 1.13. The number of hydrogen-bond acceptors (Lipinski definition) is 3. The molecule has 0 unspecified atom stereocenters. The number of amides is 2. The molecule has 4 nitrogen and oxygen atoms in total. The van der Waals surface area contributed by atoms with Gasteiger partial charge in [0.1, 0.15) is 0 Å². The number of nitrogens with one attached hydrogen (secondary N) is 2. The van der Waals surface area contributed by atoms with Crippen molar-refractivity contribution in [2.45, 2.75) is 25.0 Å². The monoisotopic (exact) mass is 226 g/mol. The van der Waals surface area contributed by atoms with E-state index < -0.39 is 0 Å². The van der Waals surface area contributed by atoms with Crippen molar-refractivity contribution in [3.63, 3.8) is 0 Å². The molecule has 0 aromatic carbocycles. The summed E-state index contributed by atoms with van der Waals surface area (Å²) in [4.78, 5) is 12.3. The van der Waals surface area contributed by atoms with Gasteiger partial charge in [-0.05, 0) is 29.9 Å². The van der Waals surface area contributed by atoms with Crippen LogP contribution in [0.5, 0.6) is 0 Å². The Morgan fingerprint density at radius 3 is 3.13 bits per heavy atom. The first kappa shape index (κ1) is 10.4. The minimum Gasteiger partial charge on any atom is -0.388 e. The number of aliphatic hydroxyl groups is 1. The van der Waals surface area contributed by atoms with Gasteiger partial charge in [0.25, 0.3) is 0 Å². The number of carbonyl (C=O) groups excluding carboxylic acids is 1. The smallest absolute Gasteiger partial charge is 0.315 e. The molecule has 0 fully saturated rings. The lowest BCUT2D eigenvalue weighted by molar-refractivity contribution is 0.148. The van der Waals surface area contributed by atoms with Crippen LogP contribution in [0, 0.1) is 0 Å². The fourth-order valence-electron chi connectivity index (χ4n) is 1.87. The summed E-state index contributed by atoms with van der Waals surface area (Å²) in [6.45, 7) is 0. The second kappa shape index (κ2) is 4.20. The zero-order valence-corrected chi connectivity index (χ0v) is 9.30. The molecule has 0 aliphatic heterocycles. The van der Waals surface area contributed by atoms with E-state index in [4.69, 9.17) is 0 Å². The van der Waals surface area contributed by atoms with Crippen molar-refractivity contribution in [2.75, 3.05) is 7.05 Å². The molecule has 1 aliphatic rings. The maximum Gasteiger partial charge on any atom is 0.315 e. The molecule has 0 radical (unpaired) electrons. The SMILES string of the molecule is CNC(=O)N[C@H]1CC[C@@H](O)c2ccsc21.